The van der Waals surface area contributed by atoms with Gasteiger partial charge in [0, 0.05) is 45.7 Å². The van der Waals surface area contributed by atoms with Crippen molar-refractivity contribution in [2.75, 3.05) is 0 Å². The Labute approximate surface area is 289 Å². The van der Waals surface area contributed by atoms with Crippen LogP contribution < -0.4 is 0 Å². The molecule has 0 amide bonds. The van der Waals surface area contributed by atoms with E-state index in [0.29, 0.717) is 0 Å². The van der Waals surface area contributed by atoms with Crippen LogP contribution in [0.15, 0.2) is 164 Å². The molecule has 2 heterocycles. The second-order valence-electron chi connectivity index (χ2n) is 13.5. The highest BCUT2D eigenvalue weighted by Gasteiger charge is 2.26. The quantitative estimate of drug-likeness (QED) is 0.155. The number of benzene rings is 8. The molecule has 0 saturated heterocycles. The first-order valence-electron chi connectivity index (χ1n) is 17.4. The standard InChI is InChI=1S/C47H34N2O/c50-47(41-25-30-13-2-4-16-33(30)35-18-6-8-20-37(35)41)43-28-49-45-23-11-14-31(46(43)45)26-40(42-27-48-44-22-10-9-21-38(42)44)39-24-29-12-1-3-15-32(29)34-17-5-7-19-36(34)39/h1-25,27-28,40,47-50H,26H2. The summed E-state index contributed by atoms with van der Waals surface area (Å²) in [6, 6.07) is 54.1. The fourth-order valence-electron chi connectivity index (χ4n) is 8.51. The number of H-pyrrole nitrogens is 2. The van der Waals surface area contributed by atoms with E-state index < -0.39 is 6.10 Å². The number of rotatable bonds is 6. The second kappa shape index (κ2) is 11.5. The smallest absolute Gasteiger partial charge is 0.107 e. The Morgan fingerprint density at radius 2 is 0.920 bits per heavy atom. The Bertz CT molecular complexity index is 2890. The van der Waals surface area contributed by atoms with Crippen molar-refractivity contribution in [3.05, 3.63) is 192 Å². The summed E-state index contributed by atoms with van der Waals surface area (Å²) in [5.74, 6) is 0.0487. The van der Waals surface area contributed by atoms with Gasteiger partial charge in [-0.1, -0.05) is 127 Å². The highest BCUT2D eigenvalue weighted by atomic mass is 16.3. The average molecular weight is 643 g/mol. The van der Waals surface area contributed by atoms with Gasteiger partial charge in [0.15, 0.2) is 0 Å². The molecule has 0 fully saturated rings. The Hall–Kier alpha value is -6.16. The molecule has 10 aromatic rings. The predicted molar refractivity (Wildman–Crippen MR) is 209 cm³/mol. The van der Waals surface area contributed by atoms with Crippen LogP contribution in [0.5, 0.6) is 0 Å². The van der Waals surface area contributed by atoms with Crippen LogP contribution in [0.4, 0.5) is 0 Å². The zero-order valence-corrected chi connectivity index (χ0v) is 27.4. The molecular weight excluding hydrogens is 609 g/mol. The number of aromatic amines is 2. The van der Waals surface area contributed by atoms with E-state index >= 15 is 0 Å². The first-order chi connectivity index (χ1) is 24.7. The molecule has 0 bridgehead atoms. The summed E-state index contributed by atoms with van der Waals surface area (Å²) in [5.41, 5.74) is 7.77. The van der Waals surface area contributed by atoms with Gasteiger partial charge in [-0.2, -0.15) is 0 Å². The van der Waals surface area contributed by atoms with Crippen molar-refractivity contribution in [2.45, 2.75) is 18.4 Å². The maximum Gasteiger partial charge on any atom is 0.107 e. The van der Waals surface area contributed by atoms with Crippen molar-refractivity contribution in [3.8, 4) is 0 Å². The van der Waals surface area contributed by atoms with Gasteiger partial charge < -0.3 is 15.1 Å². The molecule has 10 rings (SSSR count). The van der Waals surface area contributed by atoms with Crippen molar-refractivity contribution >= 4 is 64.9 Å². The minimum absolute atomic E-state index is 0.0487. The molecule has 0 saturated carbocycles. The molecule has 2 aromatic heterocycles. The molecule has 0 aliphatic rings. The highest BCUT2D eigenvalue weighted by Crippen LogP contribution is 2.43. The van der Waals surface area contributed by atoms with E-state index in [1.807, 2.05) is 6.20 Å². The van der Waals surface area contributed by atoms with Crippen LogP contribution in [0.25, 0.3) is 64.9 Å². The largest absolute Gasteiger partial charge is 0.384 e. The highest BCUT2D eigenvalue weighted by molar-refractivity contribution is 6.10. The Morgan fingerprint density at radius 3 is 1.62 bits per heavy atom. The molecule has 238 valence electrons. The Morgan fingerprint density at radius 1 is 0.420 bits per heavy atom. The first kappa shape index (κ1) is 28.8. The van der Waals surface area contributed by atoms with E-state index in [4.69, 9.17) is 0 Å². The number of aromatic nitrogens is 2. The van der Waals surface area contributed by atoms with Gasteiger partial charge in [0.25, 0.3) is 0 Å². The van der Waals surface area contributed by atoms with E-state index in [1.165, 1.54) is 49.0 Å². The molecule has 8 aromatic carbocycles. The molecule has 0 radical (unpaired) electrons. The van der Waals surface area contributed by atoms with Crippen LogP contribution >= 0.6 is 0 Å². The second-order valence-corrected chi connectivity index (χ2v) is 13.5. The van der Waals surface area contributed by atoms with Gasteiger partial charge in [-0.15, -0.1) is 0 Å². The fourth-order valence-corrected chi connectivity index (χ4v) is 8.51. The molecule has 0 spiro atoms. The third-order valence-corrected chi connectivity index (χ3v) is 10.8. The zero-order valence-electron chi connectivity index (χ0n) is 27.4. The minimum atomic E-state index is -0.813. The number of aliphatic hydroxyl groups is 1. The monoisotopic (exact) mass is 642 g/mol. The van der Waals surface area contributed by atoms with Gasteiger partial charge >= 0.3 is 0 Å². The lowest BCUT2D eigenvalue weighted by atomic mass is 9.81. The molecule has 50 heavy (non-hydrogen) atoms. The summed E-state index contributed by atoms with van der Waals surface area (Å²) in [7, 11) is 0. The molecule has 3 nitrogen and oxygen atoms in total. The van der Waals surface area contributed by atoms with Crippen molar-refractivity contribution in [2.24, 2.45) is 0 Å². The van der Waals surface area contributed by atoms with E-state index in [1.54, 1.807) is 0 Å². The van der Waals surface area contributed by atoms with Crippen molar-refractivity contribution in [1.29, 1.82) is 0 Å². The summed E-state index contributed by atoms with van der Waals surface area (Å²) in [4.78, 5) is 7.11. The number of aliphatic hydroxyl groups excluding tert-OH is 1. The SMILES string of the molecule is OC(c1cc2ccccc2c2ccccc12)c1c[nH]c2cccc(CC(c3c[nH]c4ccccc34)c3cc4ccccc4c4ccccc34)c12. The van der Waals surface area contributed by atoms with Crippen LogP contribution in [0.1, 0.15) is 39.8 Å². The van der Waals surface area contributed by atoms with Crippen LogP contribution in [-0.2, 0) is 6.42 Å². The summed E-state index contributed by atoms with van der Waals surface area (Å²) in [5, 5.41) is 24.3. The van der Waals surface area contributed by atoms with Crippen LogP contribution in [0.3, 0.4) is 0 Å². The zero-order chi connectivity index (χ0) is 33.2. The predicted octanol–water partition coefficient (Wildman–Crippen LogP) is 11.7. The maximum atomic E-state index is 12.4. The van der Waals surface area contributed by atoms with Crippen molar-refractivity contribution in [1.82, 2.24) is 9.97 Å². The number of hydrogen-bond donors (Lipinski definition) is 3. The maximum absolute atomic E-state index is 12.4. The van der Waals surface area contributed by atoms with Crippen molar-refractivity contribution < 1.29 is 5.11 Å². The number of hydrogen-bond acceptors (Lipinski definition) is 1. The molecule has 3 heteroatoms. The number of fused-ring (bicyclic) bond motifs is 8. The summed E-state index contributed by atoms with van der Waals surface area (Å²) in [6.45, 7) is 0. The molecule has 0 aliphatic carbocycles. The van der Waals surface area contributed by atoms with Crippen LogP contribution in [0.2, 0.25) is 0 Å². The van der Waals surface area contributed by atoms with Crippen molar-refractivity contribution in [3.63, 3.8) is 0 Å². The lowest BCUT2D eigenvalue weighted by molar-refractivity contribution is 0.223. The Balaban J connectivity index is 1.19. The first-order valence-corrected chi connectivity index (χ1v) is 17.4. The summed E-state index contributed by atoms with van der Waals surface area (Å²) >= 11 is 0. The average Bonchev–Trinajstić information content (AvgIpc) is 3.82. The van der Waals surface area contributed by atoms with Gasteiger partial charge in [-0.25, -0.2) is 0 Å². The van der Waals surface area contributed by atoms with Gasteiger partial charge in [-0.05, 0) is 96.0 Å². The fraction of sp³-hybridized carbons (Fsp3) is 0.0638. The van der Waals surface area contributed by atoms with Gasteiger partial charge in [0.1, 0.15) is 6.10 Å². The third kappa shape index (κ3) is 4.48. The van der Waals surface area contributed by atoms with Crippen LogP contribution in [0, 0.1) is 0 Å². The molecular formula is C47H34N2O. The van der Waals surface area contributed by atoms with Gasteiger partial charge in [0.05, 0.1) is 0 Å². The Kier molecular flexibility index (Phi) is 6.61. The van der Waals surface area contributed by atoms with Crippen LogP contribution in [-0.4, -0.2) is 15.1 Å². The summed E-state index contributed by atoms with van der Waals surface area (Å²) < 4.78 is 0. The van der Waals surface area contributed by atoms with Gasteiger partial charge in [-0.3, -0.25) is 0 Å². The molecule has 0 aliphatic heterocycles. The van der Waals surface area contributed by atoms with Gasteiger partial charge in [0.2, 0.25) is 0 Å². The lowest BCUT2D eigenvalue weighted by Gasteiger charge is -2.22. The molecule has 2 atom stereocenters. The summed E-state index contributed by atoms with van der Waals surface area (Å²) in [6.07, 6.45) is 4.16. The minimum Gasteiger partial charge on any atom is -0.384 e. The third-order valence-electron chi connectivity index (χ3n) is 10.8. The molecule has 3 N–H and O–H groups in total. The number of nitrogens with one attached hydrogen (secondary N) is 2. The van der Waals surface area contributed by atoms with E-state index in [2.05, 4.69) is 168 Å². The normalized spacial score (nSPS) is 13.2. The lowest BCUT2D eigenvalue weighted by Crippen LogP contribution is -2.07. The number of para-hydroxylation sites is 1. The van der Waals surface area contributed by atoms with E-state index in [0.717, 1.165) is 50.1 Å². The van der Waals surface area contributed by atoms with E-state index in [-0.39, 0.29) is 5.92 Å². The van der Waals surface area contributed by atoms with E-state index in [9.17, 15) is 5.11 Å². The topological polar surface area (TPSA) is 51.8 Å². The molecule has 2 unspecified atom stereocenters.